The molecule has 106 valence electrons. The maximum Gasteiger partial charge on any atom is 0.407 e. The number of carbonyl (C=O) groups is 2. The van der Waals surface area contributed by atoms with Crippen LogP contribution in [0.4, 0.5) is 4.79 Å². The average Bonchev–Trinajstić information content (AvgIpc) is 2.19. The van der Waals surface area contributed by atoms with Gasteiger partial charge >= 0.3 is 6.09 Å². The van der Waals surface area contributed by atoms with Crippen molar-refractivity contribution in [1.29, 1.82) is 0 Å². The summed E-state index contributed by atoms with van der Waals surface area (Å²) < 4.78 is 10.2. The number of carbonyl (C=O) groups excluding carboxylic acids is 2. The van der Waals surface area contributed by atoms with Gasteiger partial charge in [-0.05, 0) is 34.6 Å². The van der Waals surface area contributed by atoms with Crippen molar-refractivity contribution in [3.63, 3.8) is 0 Å². The largest absolute Gasteiger partial charge is 0.444 e. The van der Waals surface area contributed by atoms with Crippen LogP contribution in [0.3, 0.4) is 0 Å². The highest BCUT2D eigenvalue weighted by Crippen LogP contribution is 2.05. The Morgan fingerprint density at radius 2 is 1.67 bits per heavy atom. The zero-order valence-corrected chi connectivity index (χ0v) is 11.8. The first-order chi connectivity index (χ1) is 8.20. The normalized spacial score (nSPS) is 11.2. The maximum atomic E-state index is 11.2. The molecule has 0 unspecified atom stereocenters. The molecular formula is C12H24N2O4. The van der Waals surface area contributed by atoms with E-state index < -0.39 is 11.7 Å². The lowest BCUT2D eigenvalue weighted by Gasteiger charge is -2.19. The molecule has 2 N–H and O–H groups in total. The Bertz CT molecular complexity index is 272. The van der Waals surface area contributed by atoms with Gasteiger partial charge in [-0.15, -0.1) is 0 Å². The molecule has 0 aromatic heterocycles. The first kappa shape index (κ1) is 16.7. The number of ether oxygens (including phenoxy) is 2. The van der Waals surface area contributed by atoms with Crippen LogP contribution in [0.15, 0.2) is 0 Å². The minimum atomic E-state index is -0.515. The molecule has 0 rings (SSSR count). The van der Waals surface area contributed by atoms with Gasteiger partial charge in [0.25, 0.3) is 0 Å². The Morgan fingerprint density at radius 3 is 2.17 bits per heavy atom. The summed E-state index contributed by atoms with van der Waals surface area (Å²) in [6.07, 6.45) is -0.467. The van der Waals surface area contributed by atoms with Crippen LogP contribution in [0.1, 0.15) is 34.6 Å². The third-order valence-electron chi connectivity index (χ3n) is 1.66. The van der Waals surface area contributed by atoms with E-state index in [1.54, 1.807) is 20.8 Å². The number of nitrogens with one attached hydrogen (secondary N) is 2. The molecular weight excluding hydrogens is 236 g/mol. The van der Waals surface area contributed by atoms with E-state index in [1.807, 2.05) is 13.8 Å². The molecule has 6 nitrogen and oxygen atoms in total. The molecule has 0 heterocycles. The molecule has 0 radical (unpaired) electrons. The predicted octanol–water partition coefficient (Wildman–Crippen LogP) is 1.05. The highest BCUT2D eigenvalue weighted by atomic mass is 16.6. The van der Waals surface area contributed by atoms with Gasteiger partial charge in [-0.3, -0.25) is 4.79 Å². The second-order valence-corrected chi connectivity index (χ2v) is 5.14. The summed E-state index contributed by atoms with van der Waals surface area (Å²) in [7, 11) is 0. The lowest BCUT2D eigenvalue weighted by molar-refractivity contribution is -0.127. The minimum Gasteiger partial charge on any atom is -0.444 e. The zero-order chi connectivity index (χ0) is 14.2. The van der Waals surface area contributed by atoms with Gasteiger partial charge in [-0.2, -0.15) is 0 Å². The van der Waals surface area contributed by atoms with E-state index in [-0.39, 0.29) is 18.6 Å². The van der Waals surface area contributed by atoms with Gasteiger partial charge in [-0.1, -0.05) is 0 Å². The van der Waals surface area contributed by atoms with Crippen LogP contribution in [-0.2, 0) is 14.3 Å². The van der Waals surface area contributed by atoms with Crippen molar-refractivity contribution >= 4 is 12.0 Å². The van der Waals surface area contributed by atoms with Crippen molar-refractivity contribution in [1.82, 2.24) is 10.6 Å². The number of hydrogen-bond acceptors (Lipinski definition) is 4. The maximum absolute atomic E-state index is 11.2. The van der Waals surface area contributed by atoms with Gasteiger partial charge < -0.3 is 20.1 Å². The fourth-order valence-electron chi connectivity index (χ4n) is 0.974. The fourth-order valence-corrected chi connectivity index (χ4v) is 0.974. The van der Waals surface area contributed by atoms with Crippen LogP contribution in [-0.4, -0.2) is 43.4 Å². The summed E-state index contributed by atoms with van der Waals surface area (Å²) >= 11 is 0. The molecule has 0 aliphatic heterocycles. The fraction of sp³-hybridized carbons (Fsp3) is 0.833. The van der Waals surface area contributed by atoms with Crippen molar-refractivity contribution < 1.29 is 19.1 Å². The Morgan fingerprint density at radius 1 is 1.11 bits per heavy atom. The van der Waals surface area contributed by atoms with E-state index in [9.17, 15) is 9.59 Å². The van der Waals surface area contributed by atoms with Crippen LogP contribution in [0.25, 0.3) is 0 Å². The molecule has 2 amide bonds. The van der Waals surface area contributed by atoms with Gasteiger partial charge in [0.15, 0.2) is 0 Å². The summed E-state index contributed by atoms with van der Waals surface area (Å²) in [6.45, 7) is 9.79. The van der Waals surface area contributed by atoms with Crippen LogP contribution in [0.5, 0.6) is 0 Å². The highest BCUT2D eigenvalue weighted by molar-refractivity contribution is 5.77. The lowest BCUT2D eigenvalue weighted by atomic mass is 10.2. The molecule has 6 heteroatoms. The Hall–Kier alpha value is -1.30. The zero-order valence-electron chi connectivity index (χ0n) is 11.8. The molecule has 18 heavy (non-hydrogen) atoms. The van der Waals surface area contributed by atoms with E-state index >= 15 is 0 Å². The molecule has 0 spiro atoms. The number of alkyl carbamates (subject to hydrolysis) is 1. The summed E-state index contributed by atoms with van der Waals surface area (Å²) in [4.78, 5) is 22.5. The van der Waals surface area contributed by atoms with Crippen LogP contribution in [0.2, 0.25) is 0 Å². The highest BCUT2D eigenvalue weighted by Gasteiger charge is 2.15. The molecule has 0 bridgehead atoms. The molecule has 0 aliphatic carbocycles. The first-order valence-corrected chi connectivity index (χ1v) is 6.06. The number of hydrogen-bond donors (Lipinski definition) is 2. The monoisotopic (exact) mass is 260 g/mol. The molecule has 0 aromatic carbocycles. The smallest absolute Gasteiger partial charge is 0.407 e. The Kier molecular flexibility index (Phi) is 7.35. The average molecular weight is 260 g/mol. The van der Waals surface area contributed by atoms with Gasteiger partial charge in [0, 0.05) is 13.1 Å². The number of amides is 2. The van der Waals surface area contributed by atoms with Gasteiger partial charge in [0.2, 0.25) is 5.91 Å². The third kappa shape index (κ3) is 11.2. The second kappa shape index (κ2) is 7.92. The third-order valence-corrected chi connectivity index (χ3v) is 1.66. The van der Waals surface area contributed by atoms with Gasteiger partial charge in [-0.25, -0.2) is 4.79 Å². The lowest BCUT2D eigenvalue weighted by Crippen LogP contribution is -2.38. The van der Waals surface area contributed by atoms with Gasteiger partial charge in [0.05, 0.1) is 6.10 Å². The molecule has 0 aliphatic rings. The number of rotatable bonds is 6. The van der Waals surface area contributed by atoms with Crippen LogP contribution >= 0.6 is 0 Å². The standard InChI is InChI=1S/C12H24N2O4/c1-9(2)17-8-10(15)13-6-7-14-11(16)18-12(3,4)5/h9H,6-8H2,1-5H3,(H,13,15)(H,14,16). The Labute approximate surface area is 108 Å². The molecule has 0 aromatic rings. The summed E-state index contributed by atoms with van der Waals surface area (Å²) in [5.74, 6) is -0.199. The summed E-state index contributed by atoms with van der Waals surface area (Å²) in [5.41, 5.74) is -0.515. The van der Waals surface area contributed by atoms with Crippen LogP contribution in [0, 0.1) is 0 Å². The van der Waals surface area contributed by atoms with Gasteiger partial charge in [0.1, 0.15) is 12.2 Å². The molecule has 0 fully saturated rings. The quantitative estimate of drug-likeness (QED) is 0.700. The van der Waals surface area contributed by atoms with E-state index in [1.165, 1.54) is 0 Å². The Balaban J connectivity index is 3.56. The topological polar surface area (TPSA) is 76.7 Å². The van der Waals surface area contributed by atoms with Crippen molar-refractivity contribution in [3.8, 4) is 0 Å². The SMILES string of the molecule is CC(C)OCC(=O)NCCNC(=O)OC(C)(C)C. The first-order valence-electron chi connectivity index (χ1n) is 6.06. The minimum absolute atomic E-state index is 0.0237. The van der Waals surface area contributed by atoms with E-state index in [0.29, 0.717) is 13.1 Å². The van der Waals surface area contributed by atoms with E-state index in [0.717, 1.165) is 0 Å². The van der Waals surface area contributed by atoms with Crippen molar-refractivity contribution in [3.05, 3.63) is 0 Å². The van der Waals surface area contributed by atoms with Crippen molar-refractivity contribution in [2.24, 2.45) is 0 Å². The van der Waals surface area contributed by atoms with Crippen LogP contribution < -0.4 is 10.6 Å². The molecule has 0 saturated carbocycles. The van der Waals surface area contributed by atoms with Crippen molar-refractivity contribution in [2.45, 2.75) is 46.3 Å². The van der Waals surface area contributed by atoms with E-state index in [4.69, 9.17) is 9.47 Å². The molecule has 0 saturated heterocycles. The summed E-state index contributed by atoms with van der Waals surface area (Å²) in [5, 5.41) is 5.16. The summed E-state index contributed by atoms with van der Waals surface area (Å²) in [6, 6.07) is 0. The second-order valence-electron chi connectivity index (χ2n) is 5.14. The molecule has 0 atom stereocenters. The predicted molar refractivity (Wildman–Crippen MR) is 68.3 cm³/mol. The van der Waals surface area contributed by atoms with Crippen molar-refractivity contribution in [2.75, 3.05) is 19.7 Å². The van der Waals surface area contributed by atoms with E-state index in [2.05, 4.69) is 10.6 Å².